The Hall–Kier alpha value is -2.58. The highest BCUT2D eigenvalue weighted by Gasteiger charge is 2.50. The molecule has 8 heteroatoms. The van der Waals surface area contributed by atoms with E-state index in [2.05, 4.69) is 16.0 Å². The standard InChI is InChI=1S/C24H28N4O4/c29-21-6-5-20(22(30)27-21)28-23(31)15-3-1-12(7-16(15)24(28)32)9-26-19-8-13-2-4-14(19)18-11-25-10-17(13)18/h1,3,7,13-14,17-20,25-26H,2,4-6,8-11H2,(H,27,29,30)/t13-,14-,17+,18-,19-,20?/m1/s1. The SMILES string of the molecule is O=C1CCC(N2C(=O)c3ccc(CN[C@@H]4C[C@H]5CC[C@@H]4[C@H]4CNC[C@@H]54)cc3C2=O)C(=O)N1. The molecule has 4 amide bonds. The fourth-order valence-electron chi connectivity index (χ4n) is 6.94. The highest BCUT2D eigenvalue weighted by Crippen LogP contribution is 2.50. The van der Waals surface area contributed by atoms with Gasteiger partial charge in [-0.3, -0.25) is 29.4 Å². The first-order valence-corrected chi connectivity index (χ1v) is 11.8. The van der Waals surface area contributed by atoms with Gasteiger partial charge in [0.2, 0.25) is 11.8 Å². The minimum absolute atomic E-state index is 0.125. The molecule has 1 aromatic rings. The van der Waals surface area contributed by atoms with Gasteiger partial charge >= 0.3 is 0 Å². The van der Waals surface area contributed by atoms with Crippen molar-refractivity contribution >= 4 is 23.6 Å². The van der Waals surface area contributed by atoms with Crippen LogP contribution >= 0.6 is 0 Å². The molecule has 3 saturated carbocycles. The number of rotatable bonds is 4. The summed E-state index contributed by atoms with van der Waals surface area (Å²) in [7, 11) is 0. The maximum Gasteiger partial charge on any atom is 0.262 e. The highest BCUT2D eigenvalue weighted by atomic mass is 16.2. The van der Waals surface area contributed by atoms with Crippen molar-refractivity contribution in [2.45, 2.75) is 50.7 Å². The number of hydrogen-bond acceptors (Lipinski definition) is 6. The van der Waals surface area contributed by atoms with Gasteiger partial charge in [0.25, 0.3) is 11.8 Å². The molecule has 32 heavy (non-hydrogen) atoms. The molecule has 2 saturated heterocycles. The Morgan fingerprint density at radius 1 is 0.938 bits per heavy atom. The van der Waals surface area contributed by atoms with E-state index in [4.69, 9.17) is 0 Å². The fraction of sp³-hybridized carbons (Fsp3) is 0.583. The van der Waals surface area contributed by atoms with E-state index in [1.54, 1.807) is 12.1 Å². The first-order valence-electron chi connectivity index (χ1n) is 11.8. The average Bonchev–Trinajstić information content (AvgIpc) is 3.39. The molecule has 8 nitrogen and oxygen atoms in total. The number of piperidine rings is 1. The van der Waals surface area contributed by atoms with Gasteiger partial charge < -0.3 is 10.6 Å². The molecule has 2 bridgehead atoms. The van der Waals surface area contributed by atoms with E-state index in [9.17, 15) is 19.2 Å². The minimum atomic E-state index is -0.924. The summed E-state index contributed by atoms with van der Waals surface area (Å²) in [6.45, 7) is 2.96. The first kappa shape index (κ1) is 20.1. The zero-order chi connectivity index (χ0) is 22.0. The van der Waals surface area contributed by atoms with Crippen LogP contribution in [0.1, 0.15) is 58.4 Å². The Kier molecular flexibility index (Phi) is 4.69. The van der Waals surface area contributed by atoms with Crippen LogP contribution in [-0.4, -0.2) is 53.7 Å². The van der Waals surface area contributed by atoms with E-state index in [0.29, 0.717) is 29.6 Å². The van der Waals surface area contributed by atoms with Crippen LogP contribution in [0.4, 0.5) is 0 Å². The van der Waals surface area contributed by atoms with E-state index >= 15 is 0 Å². The van der Waals surface area contributed by atoms with Crippen LogP contribution in [0, 0.1) is 23.7 Å². The number of imide groups is 2. The third-order valence-electron chi connectivity index (χ3n) is 8.48. The summed E-state index contributed by atoms with van der Waals surface area (Å²) >= 11 is 0. The van der Waals surface area contributed by atoms with Crippen LogP contribution in [-0.2, 0) is 16.1 Å². The van der Waals surface area contributed by atoms with Crippen LogP contribution in [0.5, 0.6) is 0 Å². The second kappa shape index (κ2) is 7.49. The van der Waals surface area contributed by atoms with Gasteiger partial charge in [-0.15, -0.1) is 0 Å². The van der Waals surface area contributed by atoms with Crippen molar-refractivity contribution in [1.29, 1.82) is 0 Å². The van der Waals surface area contributed by atoms with Crippen LogP contribution < -0.4 is 16.0 Å². The van der Waals surface area contributed by atoms with Crippen molar-refractivity contribution < 1.29 is 19.2 Å². The Morgan fingerprint density at radius 2 is 1.75 bits per heavy atom. The lowest BCUT2D eigenvalue weighted by Crippen LogP contribution is -2.54. The number of carbonyl (C=O) groups excluding carboxylic acids is 4. The number of carbonyl (C=O) groups is 4. The van der Waals surface area contributed by atoms with Gasteiger partial charge in [0.1, 0.15) is 6.04 Å². The zero-order valence-corrected chi connectivity index (χ0v) is 17.9. The summed E-state index contributed by atoms with van der Waals surface area (Å²) < 4.78 is 0. The lowest BCUT2D eigenvalue weighted by molar-refractivity contribution is -0.136. The summed E-state index contributed by atoms with van der Waals surface area (Å²) in [6, 6.07) is 4.96. The van der Waals surface area contributed by atoms with E-state index in [0.717, 1.165) is 34.8 Å². The van der Waals surface area contributed by atoms with E-state index in [1.165, 1.54) is 25.8 Å². The molecule has 0 aromatic heterocycles. The monoisotopic (exact) mass is 436 g/mol. The van der Waals surface area contributed by atoms with Gasteiger partial charge in [-0.2, -0.15) is 0 Å². The summed E-state index contributed by atoms with van der Waals surface area (Å²) in [5, 5.41) is 9.56. The number of nitrogens with zero attached hydrogens (tertiary/aromatic N) is 1. The summed E-state index contributed by atoms with van der Waals surface area (Å²) in [5.41, 5.74) is 1.65. The van der Waals surface area contributed by atoms with Crippen molar-refractivity contribution in [3.05, 3.63) is 34.9 Å². The highest BCUT2D eigenvalue weighted by molar-refractivity contribution is 6.23. The maximum absolute atomic E-state index is 13.0. The second-order valence-electron chi connectivity index (χ2n) is 10.0. The molecule has 3 heterocycles. The third kappa shape index (κ3) is 3.03. The molecule has 3 N–H and O–H groups in total. The molecule has 0 spiro atoms. The zero-order valence-electron chi connectivity index (χ0n) is 17.9. The van der Waals surface area contributed by atoms with Crippen molar-refractivity contribution in [3.8, 4) is 0 Å². The molecule has 3 aliphatic heterocycles. The summed E-state index contributed by atoms with van der Waals surface area (Å²) in [6.07, 6.45) is 4.16. The average molecular weight is 437 g/mol. The van der Waals surface area contributed by atoms with E-state index in [-0.39, 0.29) is 18.7 Å². The molecule has 5 fully saturated rings. The van der Waals surface area contributed by atoms with Crippen LogP contribution in [0.15, 0.2) is 18.2 Å². The number of amides is 4. The largest absolute Gasteiger partial charge is 0.316 e. The second-order valence-corrected chi connectivity index (χ2v) is 10.0. The van der Waals surface area contributed by atoms with Crippen LogP contribution in [0.25, 0.3) is 0 Å². The fourth-order valence-corrected chi connectivity index (χ4v) is 6.94. The molecule has 0 radical (unpaired) electrons. The molecule has 3 aliphatic carbocycles. The van der Waals surface area contributed by atoms with Gasteiger partial charge in [0, 0.05) is 19.0 Å². The van der Waals surface area contributed by atoms with Gasteiger partial charge in [0.15, 0.2) is 0 Å². The molecule has 1 aromatic carbocycles. The predicted molar refractivity (Wildman–Crippen MR) is 114 cm³/mol. The normalized spacial score (nSPS) is 35.8. The van der Waals surface area contributed by atoms with Crippen molar-refractivity contribution in [2.24, 2.45) is 23.7 Å². The molecular weight excluding hydrogens is 408 g/mol. The smallest absolute Gasteiger partial charge is 0.262 e. The van der Waals surface area contributed by atoms with E-state index in [1.807, 2.05) is 6.07 Å². The van der Waals surface area contributed by atoms with Crippen molar-refractivity contribution in [3.63, 3.8) is 0 Å². The third-order valence-corrected chi connectivity index (χ3v) is 8.48. The van der Waals surface area contributed by atoms with Crippen molar-refractivity contribution in [2.75, 3.05) is 13.1 Å². The first-order chi connectivity index (χ1) is 15.5. The Morgan fingerprint density at radius 3 is 2.59 bits per heavy atom. The van der Waals surface area contributed by atoms with Gasteiger partial charge in [-0.25, -0.2) is 0 Å². The maximum atomic E-state index is 13.0. The Balaban J connectivity index is 1.16. The summed E-state index contributed by atoms with van der Waals surface area (Å²) in [4.78, 5) is 50.6. The predicted octanol–water partition coefficient (Wildman–Crippen LogP) is 0.812. The lowest BCUT2D eigenvalue weighted by Gasteiger charge is -2.50. The van der Waals surface area contributed by atoms with E-state index < -0.39 is 23.8 Å². The summed E-state index contributed by atoms with van der Waals surface area (Å²) in [5.74, 6) is 1.29. The molecule has 1 unspecified atom stereocenters. The molecular formula is C24H28N4O4. The van der Waals surface area contributed by atoms with Gasteiger partial charge in [-0.1, -0.05) is 6.07 Å². The van der Waals surface area contributed by atoms with Gasteiger partial charge in [0.05, 0.1) is 11.1 Å². The quantitative estimate of drug-likeness (QED) is 0.603. The van der Waals surface area contributed by atoms with Crippen molar-refractivity contribution in [1.82, 2.24) is 20.9 Å². The van der Waals surface area contributed by atoms with Gasteiger partial charge in [-0.05, 0) is 80.1 Å². The molecule has 6 atom stereocenters. The Bertz CT molecular complexity index is 1020. The molecule has 7 rings (SSSR count). The molecule has 6 aliphatic rings. The minimum Gasteiger partial charge on any atom is -0.316 e. The lowest BCUT2D eigenvalue weighted by atomic mass is 9.58. The topological polar surface area (TPSA) is 108 Å². The van der Waals surface area contributed by atoms with Crippen LogP contribution in [0.2, 0.25) is 0 Å². The number of hydrogen-bond donors (Lipinski definition) is 3. The molecule has 168 valence electrons. The number of fused-ring (bicyclic) bond motifs is 3. The number of benzene rings is 1. The van der Waals surface area contributed by atoms with Crippen LogP contribution in [0.3, 0.4) is 0 Å². The Labute approximate surface area is 186 Å². The number of nitrogens with one attached hydrogen (secondary N) is 3.